The van der Waals surface area contributed by atoms with E-state index in [1.54, 1.807) is 5.40 Å². The maximum Gasteiger partial charge on any atom is 0.216 e. The van der Waals surface area contributed by atoms with Crippen molar-refractivity contribution in [3.8, 4) is 5.40 Å². The molecule has 0 aromatic rings. The molecular formula is C11H15NO3S2. The van der Waals surface area contributed by atoms with Gasteiger partial charge in [0.15, 0.2) is 0 Å². The van der Waals surface area contributed by atoms with Crippen molar-refractivity contribution in [3.63, 3.8) is 0 Å². The van der Waals surface area contributed by atoms with Crippen molar-refractivity contribution in [1.82, 2.24) is 0 Å². The summed E-state index contributed by atoms with van der Waals surface area (Å²) in [6.45, 7) is 3.98. The zero-order valence-electron chi connectivity index (χ0n) is 9.89. The molecule has 0 amide bonds. The van der Waals surface area contributed by atoms with Crippen LogP contribution in [0.5, 0.6) is 0 Å². The van der Waals surface area contributed by atoms with E-state index in [4.69, 9.17) is 5.26 Å². The van der Waals surface area contributed by atoms with Crippen molar-refractivity contribution >= 4 is 25.4 Å². The highest BCUT2D eigenvalue weighted by Gasteiger charge is 2.65. The summed E-state index contributed by atoms with van der Waals surface area (Å²) in [5.74, 6) is 0.193. The zero-order valence-corrected chi connectivity index (χ0v) is 11.5. The normalized spacial score (nSPS) is 34.9. The van der Waals surface area contributed by atoms with Crippen molar-refractivity contribution < 1.29 is 13.2 Å². The Balaban J connectivity index is 2.37. The Hall–Kier alpha value is -0.540. The molecule has 0 N–H and O–H groups in total. The Morgan fingerprint density at radius 2 is 2.18 bits per heavy atom. The molecular weight excluding hydrogens is 258 g/mol. The lowest BCUT2D eigenvalue weighted by molar-refractivity contribution is -0.128. The fourth-order valence-corrected chi connectivity index (χ4v) is 6.07. The molecule has 17 heavy (non-hydrogen) atoms. The van der Waals surface area contributed by atoms with Gasteiger partial charge in [0, 0.05) is 11.8 Å². The summed E-state index contributed by atoms with van der Waals surface area (Å²) >= 11 is 0. The molecule has 6 heteroatoms. The second-order valence-electron chi connectivity index (χ2n) is 5.54. The number of rotatable bonds is 3. The van der Waals surface area contributed by atoms with Crippen LogP contribution in [0.3, 0.4) is 0 Å². The topological polar surface area (TPSA) is 75.0 Å². The summed E-state index contributed by atoms with van der Waals surface area (Å²) < 4.78 is 23.6. The number of carbonyl (C=O) groups is 1. The second-order valence-corrected chi connectivity index (χ2v) is 9.32. The van der Waals surface area contributed by atoms with Crippen LogP contribution < -0.4 is 0 Å². The highest BCUT2D eigenvalue weighted by Crippen LogP contribution is 2.64. The first-order valence-corrected chi connectivity index (χ1v) is 8.57. The molecule has 0 radical (unpaired) electrons. The van der Waals surface area contributed by atoms with Crippen LogP contribution in [-0.2, 0) is 13.7 Å². The highest BCUT2D eigenvalue weighted by molar-refractivity contribution is 8.73. The van der Waals surface area contributed by atoms with Gasteiger partial charge in [-0.2, -0.15) is 5.26 Å². The SMILES string of the molecule is CC1(C)C2CCC1(CS(=O)(=O)SC#N)C(=O)C2. The Kier molecular flexibility index (Phi) is 2.83. The van der Waals surface area contributed by atoms with Gasteiger partial charge in [-0.25, -0.2) is 8.42 Å². The maximum absolute atomic E-state index is 12.1. The predicted molar refractivity (Wildman–Crippen MR) is 65.6 cm³/mol. The first-order chi connectivity index (χ1) is 7.75. The van der Waals surface area contributed by atoms with Crippen molar-refractivity contribution in [2.45, 2.75) is 33.1 Å². The third-order valence-corrected chi connectivity index (χ3v) is 7.24. The molecule has 2 bridgehead atoms. The largest absolute Gasteiger partial charge is 0.299 e. The summed E-state index contributed by atoms with van der Waals surface area (Å²) in [6.07, 6.45) is 2.07. The quantitative estimate of drug-likeness (QED) is 0.580. The number of hydrogen-bond acceptors (Lipinski definition) is 5. The third-order valence-electron chi connectivity index (χ3n) is 4.73. The Bertz CT molecular complexity index is 503. The van der Waals surface area contributed by atoms with Crippen LogP contribution >= 0.6 is 10.8 Å². The number of thiocyanates is 1. The van der Waals surface area contributed by atoms with E-state index in [-0.39, 0.29) is 27.7 Å². The van der Waals surface area contributed by atoms with Crippen LogP contribution in [0.4, 0.5) is 0 Å². The lowest BCUT2D eigenvalue weighted by atomic mass is 9.70. The minimum absolute atomic E-state index is 0.0702. The molecule has 0 aromatic carbocycles. The van der Waals surface area contributed by atoms with Crippen LogP contribution in [0.1, 0.15) is 33.1 Å². The van der Waals surface area contributed by atoms with E-state index in [1.807, 2.05) is 13.8 Å². The Morgan fingerprint density at radius 1 is 1.53 bits per heavy atom. The summed E-state index contributed by atoms with van der Waals surface area (Å²) in [4.78, 5) is 12.1. The van der Waals surface area contributed by atoms with E-state index in [2.05, 4.69) is 0 Å². The zero-order chi connectivity index (χ0) is 12.9. The van der Waals surface area contributed by atoms with Gasteiger partial charge in [-0.1, -0.05) is 13.8 Å². The lowest BCUT2D eigenvalue weighted by Crippen LogP contribution is -2.41. The van der Waals surface area contributed by atoms with Crippen LogP contribution in [0, 0.1) is 27.4 Å². The minimum Gasteiger partial charge on any atom is -0.299 e. The predicted octanol–water partition coefficient (Wildman–Crippen LogP) is 1.93. The van der Waals surface area contributed by atoms with Crippen molar-refractivity contribution in [2.75, 3.05) is 5.75 Å². The highest BCUT2D eigenvalue weighted by atomic mass is 33.1. The number of Topliss-reactive ketones (excluding diaryl/α,β-unsaturated/α-hetero) is 1. The molecule has 4 nitrogen and oxygen atoms in total. The van der Waals surface area contributed by atoms with Crippen LogP contribution in [0.15, 0.2) is 0 Å². The van der Waals surface area contributed by atoms with Gasteiger partial charge < -0.3 is 0 Å². The molecule has 0 aromatic heterocycles. The van der Waals surface area contributed by atoms with E-state index in [0.29, 0.717) is 18.8 Å². The van der Waals surface area contributed by atoms with E-state index < -0.39 is 14.3 Å². The fraction of sp³-hybridized carbons (Fsp3) is 0.818. The average molecular weight is 273 g/mol. The molecule has 2 aliphatic rings. The van der Waals surface area contributed by atoms with Crippen LogP contribution in [0.25, 0.3) is 0 Å². The van der Waals surface area contributed by atoms with E-state index in [0.717, 1.165) is 6.42 Å². The Labute approximate surface area is 105 Å². The summed E-state index contributed by atoms with van der Waals surface area (Å²) in [6, 6.07) is 0. The van der Waals surface area contributed by atoms with Gasteiger partial charge in [0.25, 0.3) is 0 Å². The van der Waals surface area contributed by atoms with Gasteiger partial charge >= 0.3 is 0 Å². The van der Waals surface area contributed by atoms with Crippen molar-refractivity contribution in [1.29, 1.82) is 5.26 Å². The molecule has 0 saturated heterocycles. The van der Waals surface area contributed by atoms with E-state index in [1.165, 1.54) is 0 Å². The molecule has 2 fully saturated rings. The number of ketones is 1. The molecule has 2 unspecified atom stereocenters. The molecule has 2 aliphatic carbocycles. The smallest absolute Gasteiger partial charge is 0.216 e. The third kappa shape index (κ3) is 1.71. The Morgan fingerprint density at radius 3 is 2.59 bits per heavy atom. The molecule has 2 atom stereocenters. The van der Waals surface area contributed by atoms with Gasteiger partial charge in [0.2, 0.25) is 8.87 Å². The van der Waals surface area contributed by atoms with Gasteiger partial charge in [-0.05, 0) is 24.2 Å². The van der Waals surface area contributed by atoms with E-state index in [9.17, 15) is 13.2 Å². The monoisotopic (exact) mass is 273 g/mol. The van der Waals surface area contributed by atoms with Gasteiger partial charge in [0.1, 0.15) is 11.2 Å². The van der Waals surface area contributed by atoms with Gasteiger partial charge in [-0.15, -0.1) is 0 Å². The summed E-state index contributed by atoms with van der Waals surface area (Å²) in [7, 11) is -3.25. The average Bonchev–Trinajstić information content (AvgIpc) is 2.50. The number of nitrogens with zero attached hydrogens (tertiary/aromatic N) is 1. The number of nitriles is 1. The first kappa shape index (κ1) is 12.9. The number of hydrogen-bond donors (Lipinski definition) is 0. The van der Waals surface area contributed by atoms with Crippen molar-refractivity contribution in [2.24, 2.45) is 16.7 Å². The summed E-state index contributed by atoms with van der Waals surface area (Å²) in [5.41, 5.74) is -1.01. The minimum atomic E-state index is -3.53. The first-order valence-electron chi connectivity index (χ1n) is 5.59. The van der Waals surface area contributed by atoms with Crippen LogP contribution in [-0.4, -0.2) is 20.0 Å². The maximum atomic E-state index is 12.1. The standard InChI is InChI=1S/C11H15NO3S2/c1-10(2)8-3-4-11(10,9(13)5-8)6-17(14,15)16-7-12/h8H,3-6H2,1-2H3. The summed E-state index contributed by atoms with van der Waals surface area (Å²) in [5, 5.41) is 10.1. The molecule has 0 aliphatic heterocycles. The van der Waals surface area contributed by atoms with Gasteiger partial charge in [-0.3, -0.25) is 4.79 Å². The number of carbonyl (C=O) groups excluding carboxylic acids is 1. The van der Waals surface area contributed by atoms with Gasteiger partial charge in [0.05, 0.1) is 16.5 Å². The molecule has 94 valence electrons. The molecule has 0 heterocycles. The van der Waals surface area contributed by atoms with E-state index >= 15 is 0 Å². The second kappa shape index (κ2) is 3.72. The lowest BCUT2D eigenvalue weighted by Gasteiger charge is -2.35. The molecule has 2 rings (SSSR count). The molecule has 0 spiro atoms. The molecule has 2 saturated carbocycles. The fourth-order valence-electron chi connectivity index (χ4n) is 3.50. The van der Waals surface area contributed by atoms with Crippen LogP contribution in [0.2, 0.25) is 0 Å². The van der Waals surface area contributed by atoms with Crippen molar-refractivity contribution in [3.05, 3.63) is 0 Å². The number of fused-ring (bicyclic) bond motifs is 2.